The average molecular weight is 432 g/mol. The maximum atomic E-state index is 6.56. The van der Waals surface area contributed by atoms with E-state index in [4.69, 9.17) is 23.2 Å². The molecule has 0 unspecified atom stereocenters. The molecule has 0 N–H and O–H groups in total. The highest BCUT2D eigenvalue weighted by molar-refractivity contribution is 6.30. The largest absolute Gasteiger partial charge is 1.00 e. The summed E-state index contributed by atoms with van der Waals surface area (Å²) in [6, 6.07) is 6.08. The quantitative estimate of drug-likeness (QED) is 0.377. The van der Waals surface area contributed by atoms with Gasteiger partial charge in [-0.1, -0.05) is 63.1 Å². The van der Waals surface area contributed by atoms with Crippen LogP contribution in [0.5, 0.6) is 0 Å². The second kappa shape index (κ2) is 12.7. The Morgan fingerprint density at radius 1 is 0.926 bits per heavy atom. The van der Waals surface area contributed by atoms with Crippen molar-refractivity contribution in [3.8, 4) is 0 Å². The second-order valence-electron chi connectivity index (χ2n) is 7.36. The van der Waals surface area contributed by atoms with Crippen molar-refractivity contribution in [2.45, 2.75) is 85.2 Å². The Bertz CT molecular complexity index is 695. The number of aryl methyl sites for hydroxylation is 2. The molecule has 0 atom stereocenters. The number of rotatable bonds is 11. The molecule has 0 bridgehead atoms. The van der Waals surface area contributed by atoms with Gasteiger partial charge < -0.3 is 12.4 Å². The Kier molecular flexibility index (Phi) is 11.4. The van der Waals surface area contributed by atoms with Crippen molar-refractivity contribution in [1.29, 1.82) is 0 Å². The second-order valence-corrected chi connectivity index (χ2v) is 8.15. The van der Waals surface area contributed by atoms with E-state index in [-0.39, 0.29) is 12.4 Å². The molecular weight excluding hydrogens is 399 g/mol. The van der Waals surface area contributed by atoms with Crippen molar-refractivity contribution in [1.82, 2.24) is 4.57 Å². The van der Waals surface area contributed by atoms with Gasteiger partial charge in [-0.25, -0.2) is 9.13 Å². The number of nitrogens with zero attached hydrogens (tertiary/aromatic N) is 2. The van der Waals surface area contributed by atoms with Gasteiger partial charge in [0.15, 0.2) is 5.69 Å². The Morgan fingerprint density at radius 3 is 2.19 bits per heavy atom. The van der Waals surface area contributed by atoms with Crippen molar-refractivity contribution in [3.05, 3.63) is 51.5 Å². The van der Waals surface area contributed by atoms with Gasteiger partial charge in [0.05, 0.1) is 6.54 Å². The summed E-state index contributed by atoms with van der Waals surface area (Å²) in [6.07, 6.45) is 12.8. The summed E-state index contributed by atoms with van der Waals surface area (Å²) in [4.78, 5) is 0. The van der Waals surface area contributed by atoms with E-state index >= 15 is 0 Å². The first-order chi connectivity index (χ1) is 12.5. The molecule has 2 aromatic rings. The summed E-state index contributed by atoms with van der Waals surface area (Å²) in [6.45, 7) is 8.30. The first-order valence-electron chi connectivity index (χ1n) is 10.0. The number of aromatic nitrogens is 2. The van der Waals surface area contributed by atoms with Crippen LogP contribution in [0.25, 0.3) is 0 Å². The van der Waals surface area contributed by atoms with Gasteiger partial charge in [-0.05, 0) is 54.6 Å². The van der Waals surface area contributed by atoms with Gasteiger partial charge in [0.25, 0.3) is 0 Å². The van der Waals surface area contributed by atoms with Crippen molar-refractivity contribution in [2.24, 2.45) is 0 Å². The molecule has 0 aliphatic rings. The Morgan fingerprint density at radius 2 is 1.56 bits per heavy atom. The minimum Gasteiger partial charge on any atom is -1.00 e. The van der Waals surface area contributed by atoms with Gasteiger partial charge in [0, 0.05) is 11.9 Å². The van der Waals surface area contributed by atoms with Crippen molar-refractivity contribution in [3.63, 3.8) is 0 Å². The zero-order valence-corrected chi connectivity index (χ0v) is 19.2. The van der Waals surface area contributed by atoms with Crippen molar-refractivity contribution >= 4 is 23.2 Å². The number of halogens is 3. The van der Waals surface area contributed by atoms with Crippen LogP contribution in [0.3, 0.4) is 0 Å². The Hall–Kier alpha value is -0.700. The van der Waals surface area contributed by atoms with E-state index in [1.807, 2.05) is 12.1 Å². The fraction of sp³-hybridized carbons (Fsp3) is 0.591. The Balaban J connectivity index is 0.00000364. The molecule has 0 radical (unpaired) electrons. The fourth-order valence-corrected chi connectivity index (χ4v) is 3.85. The Labute approximate surface area is 181 Å². The van der Waals surface area contributed by atoms with E-state index in [9.17, 15) is 0 Å². The van der Waals surface area contributed by atoms with E-state index in [1.54, 1.807) is 0 Å². The summed E-state index contributed by atoms with van der Waals surface area (Å²) < 4.78 is 4.43. The van der Waals surface area contributed by atoms with Crippen LogP contribution in [-0.4, -0.2) is 4.57 Å². The third kappa shape index (κ3) is 7.68. The molecule has 2 nitrogen and oxygen atoms in total. The van der Waals surface area contributed by atoms with Crippen LogP contribution in [0, 0.1) is 13.8 Å². The first-order valence-corrected chi connectivity index (χ1v) is 10.8. The zero-order valence-electron chi connectivity index (χ0n) is 16.9. The highest BCUT2D eigenvalue weighted by Gasteiger charge is 2.18. The molecule has 27 heavy (non-hydrogen) atoms. The molecule has 2 rings (SSSR count). The predicted molar refractivity (Wildman–Crippen MR) is 112 cm³/mol. The standard InChI is InChI=1S/C22H33Cl2N2.ClH/c1-4-5-6-7-8-9-10-11-14-25-17-26(19(3)22(25)24)16-20-12-13-21(23)15-18(20)2;/h12-13,15,17H,4-11,14,16H2,1-3H3;1H/q+1;/p-1. The summed E-state index contributed by atoms with van der Waals surface area (Å²) in [5.41, 5.74) is 3.63. The van der Waals surface area contributed by atoms with E-state index < -0.39 is 0 Å². The SMILES string of the molecule is CCCCCCCCCC[n+]1cn(Cc2ccc(Cl)cc2C)c(C)c1Cl.[Cl-]. The lowest BCUT2D eigenvalue weighted by Gasteiger charge is -2.04. The van der Waals surface area contributed by atoms with Gasteiger partial charge in [0.1, 0.15) is 6.54 Å². The highest BCUT2D eigenvalue weighted by atomic mass is 35.5. The van der Waals surface area contributed by atoms with Crippen LogP contribution >= 0.6 is 23.2 Å². The van der Waals surface area contributed by atoms with E-state index in [2.05, 4.69) is 42.3 Å². The number of hydrogen-bond donors (Lipinski definition) is 0. The lowest BCUT2D eigenvalue weighted by Crippen LogP contribution is -3.00. The molecule has 1 aromatic carbocycles. The average Bonchev–Trinajstić information content (AvgIpc) is 2.88. The molecule has 1 heterocycles. The minimum atomic E-state index is 0. The summed E-state index contributed by atoms with van der Waals surface area (Å²) in [5.74, 6) is 0. The number of unbranched alkanes of at least 4 members (excludes halogenated alkanes) is 7. The lowest BCUT2D eigenvalue weighted by atomic mass is 10.1. The maximum Gasteiger partial charge on any atom is 0.245 e. The van der Waals surface area contributed by atoms with Crippen LogP contribution in [0.15, 0.2) is 24.5 Å². The number of benzene rings is 1. The molecule has 0 saturated heterocycles. The smallest absolute Gasteiger partial charge is 0.245 e. The fourth-order valence-electron chi connectivity index (χ4n) is 3.38. The van der Waals surface area contributed by atoms with Gasteiger partial charge in [0.2, 0.25) is 11.5 Å². The molecule has 0 fully saturated rings. The minimum absolute atomic E-state index is 0. The van der Waals surface area contributed by atoms with E-state index in [0.717, 1.165) is 29.0 Å². The molecule has 5 heteroatoms. The predicted octanol–water partition coefficient (Wildman–Crippen LogP) is 3.89. The summed E-state index contributed by atoms with van der Waals surface area (Å²) in [5, 5.41) is 1.65. The summed E-state index contributed by atoms with van der Waals surface area (Å²) >= 11 is 12.6. The van der Waals surface area contributed by atoms with Crippen LogP contribution in [-0.2, 0) is 13.1 Å². The third-order valence-electron chi connectivity index (χ3n) is 5.16. The monoisotopic (exact) mass is 430 g/mol. The topological polar surface area (TPSA) is 8.81 Å². The van der Waals surface area contributed by atoms with Crippen LogP contribution in [0.4, 0.5) is 0 Å². The molecule has 0 amide bonds. The number of hydrogen-bond acceptors (Lipinski definition) is 0. The molecule has 0 saturated carbocycles. The highest BCUT2D eigenvalue weighted by Crippen LogP contribution is 2.19. The maximum absolute atomic E-state index is 6.56. The lowest BCUT2D eigenvalue weighted by molar-refractivity contribution is -0.694. The normalized spacial score (nSPS) is 10.9. The molecule has 152 valence electrons. The van der Waals surface area contributed by atoms with Crippen LogP contribution in [0.2, 0.25) is 10.2 Å². The van der Waals surface area contributed by atoms with Gasteiger partial charge in [-0.2, -0.15) is 0 Å². The van der Waals surface area contributed by atoms with Gasteiger partial charge in [-0.15, -0.1) is 0 Å². The van der Waals surface area contributed by atoms with E-state index in [1.165, 1.54) is 62.5 Å². The number of imidazole rings is 1. The van der Waals surface area contributed by atoms with Gasteiger partial charge in [-0.3, -0.25) is 0 Å². The molecular formula is C22H33Cl3N2. The van der Waals surface area contributed by atoms with Crippen molar-refractivity contribution < 1.29 is 17.0 Å². The first kappa shape index (κ1) is 24.3. The van der Waals surface area contributed by atoms with Crippen molar-refractivity contribution in [2.75, 3.05) is 0 Å². The summed E-state index contributed by atoms with van der Waals surface area (Å²) in [7, 11) is 0. The molecule has 0 aliphatic carbocycles. The zero-order chi connectivity index (χ0) is 18.9. The van der Waals surface area contributed by atoms with E-state index in [0.29, 0.717) is 0 Å². The van der Waals surface area contributed by atoms with Gasteiger partial charge >= 0.3 is 0 Å². The molecule has 0 aliphatic heterocycles. The van der Waals surface area contributed by atoms with Crippen LogP contribution in [0.1, 0.15) is 75.1 Å². The molecule has 1 aromatic heterocycles. The third-order valence-corrected chi connectivity index (χ3v) is 5.88. The van der Waals surface area contributed by atoms with Crippen LogP contribution < -0.4 is 17.0 Å². The molecule has 0 spiro atoms.